The number of aromatic nitrogens is 2. The van der Waals surface area contributed by atoms with Crippen molar-refractivity contribution >= 4 is 29.1 Å². The zero-order chi connectivity index (χ0) is 25.2. The number of hydrogen-bond acceptors (Lipinski definition) is 6. The molecule has 2 fully saturated rings. The average Bonchev–Trinajstić information content (AvgIpc) is 3.22. The highest BCUT2D eigenvalue weighted by molar-refractivity contribution is 6.30. The number of anilines is 1. The maximum absolute atomic E-state index is 13.1. The van der Waals surface area contributed by atoms with Gasteiger partial charge in [0.05, 0.1) is 29.5 Å². The van der Waals surface area contributed by atoms with Crippen LogP contribution < -0.4 is 10.9 Å². The number of nitrogens with zero attached hydrogens (tertiary/aromatic N) is 4. The number of morpholine rings is 1. The van der Waals surface area contributed by atoms with Crippen molar-refractivity contribution in [1.82, 2.24) is 14.7 Å². The Hall–Kier alpha value is -4.00. The summed E-state index contributed by atoms with van der Waals surface area (Å²) >= 11 is 5.94. The largest absolute Gasteiger partial charge is 0.371 e. The number of hydrogen-bond donors (Lipinski definition) is 1. The molecule has 2 unspecified atom stereocenters. The number of amides is 2. The van der Waals surface area contributed by atoms with Crippen molar-refractivity contribution in [1.29, 1.82) is 5.26 Å². The number of ether oxygens (including phenoxy) is 1. The molecule has 182 valence electrons. The molecule has 0 aliphatic carbocycles. The van der Waals surface area contributed by atoms with E-state index in [0.717, 1.165) is 23.1 Å². The van der Waals surface area contributed by atoms with Crippen molar-refractivity contribution in [3.05, 3.63) is 81.1 Å². The van der Waals surface area contributed by atoms with Gasteiger partial charge in [0.1, 0.15) is 6.54 Å². The predicted molar refractivity (Wildman–Crippen MR) is 133 cm³/mol. The van der Waals surface area contributed by atoms with Crippen LogP contribution in [0, 0.1) is 11.3 Å². The second-order valence-corrected chi connectivity index (χ2v) is 9.28. The molecule has 2 aromatic carbocycles. The summed E-state index contributed by atoms with van der Waals surface area (Å²) < 4.78 is 6.86. The van der Waals surface area contributed by atoms with Crippen molar-refractivity contribution in [2.24, 2.45) is 0 Å². The summed E-state index contributed by atoms with van der Waals surface area (Å²) in [6, 6.07) is 16.4. The van der Waals surface area contributed by atoms with Gasteiger partial charge in [0, 0.05) is 41.0 Å². The maximum atomic E-state index is 13.1. The molecule has 2 aliphatic heterocycles. The highest BCUT2D eigenvalue weighted by Crippen LogP contribution is 2.28. The molecule has 36 heavy (non-hydrogen) atoms. The van der Waals surface area contributed by atoms with E-state index in [9.17, 15) is 19.6 Å². The number of halogens is 1. The van der Waals surface area contributed by atoms with Crippen LogP contribution in [0.25, 0.3) is 11.3 Å². The highest BCUT2D eigenvalue weighted by atomic mass is 35.5. The lowest BCUT2D eigenvalue weighted by Crippen LogP contribution is -2.45. The Kier molecular flexibility index (Phi) is 6.55. The quantitative estimate of drug-likeness (QED) is 0.571. The van der Waals surface area contributed by atoms with Crippen LogP contribution in [0.3, 0.4) is 0 Å². The van der Waals surface area contributed by atoms with Crippen LogP contribution in [0.1, 0.15) is 28.8 Å². The van der Waals surface area contributed by atoms with Crippen LogP contribution in [0.15, 0.2) is 59.4 Å². The fourth-order valence-electron chi connectivity index (χ4n) is 4.52. The standard InChI is InChI=1S/C26H22ClN5O4/c27-19-3-1-17(2-4-19)23-7-8-25(34)32(30-23)15-24(33)29-20-10-16(12-28)9-18(11-20)26(35)31-13-21-5-6-22(14-31)36-21/h1-4,7-11,21-22H,5-6,13-15H2,(H,29,33). The molecule has 2 bridgehead atoms. The van der Waals surface area contributed by atoms with Crippen LogP contribution in [-0.4, -0.2) is 51.8 Å². The molecular formula is C26H22ClN5O4. The van der Waals surface area contributed by atoms with E-state index in [1.54, 1.807) is 41.3 Å². The van der Waals surface area contributed by atoms with Crippen molar-refractivity contribution in [2.75, 3.05) is 18.4 Å². The summed E-state index contributed by atoms with van der Waals surface area (Å²) in [6.07, 6.45) is 1.95. The van der Waals surface area contributed by atoms with Gasteiger partial charge in [-0.2, -0.15) is 10.4 Å². The summed E-state index contributed by atoms with van der Waals surface area (Å²) in [4.78, 5) is 40.0. The first-order valence-corrected chi connectivity index (χ1v) is 11.9. The number of carbonyl (C=O) groups excluding carboxylic acids is 2. The number of benzene rings is 2. The van der Waals surface area contributed by atoms with Crippen LogP contribution in [0.2, 0.25) is 5.02 Å². The van der Waals surface area contributed by atoms with E-state index >= 15 is 0 Å². The van der Waals surface area contributed by atoms with Crippen LogP contribution in [-0.2, 0) is 16.1 Å². The Morgan fingerprint density at radius 2 is 1.81 bits per heavy atom. The van der Waals surface area contributed by atoms with Crippen LogP contribution in [0.4, 0.5) is 5.69 Å². The summed E-state index contributed by atoms with van der Waals surface area (Å²) in [5.74, 6) is -0.730. The summed E-state index contributed by atoms with van der Waals surface area (Å²) in [6.45, 7) is 0.672. The van der Waals surface area contributed by atoms with E-state index in [-0.39, 0.29) is 30.2 Å². The van der Waals surface area contributed by atoms with E-state index in [1.807, 2.05) is 6.07 Å². The topological polar surface area (TPSA) is 117 Å². The third-order valence-corrected chi connectivity index (χ3v) is 6.48. The molecule has 3 heterocycles. The third kappa shape index (κ3) is 5.15. The minimum Gasteiger partial charge on any atom is -0.371 e. The number of rotatable bonds is 5. The Morgan fingerprint density at radius 1 is 1.08 bits per heavy atom. The molecule has 0 radical (unpaired) electrons. The Balaban J connectivity index is 1.33. The number of likely N-dealkylation sites (tertiary alicyclic amines) is 1. The first kappa shape index (κ1) is 23.7. The van der Waals surface area contributed by atoms with E-state index in [1.165, 1.54) is 18.2 Å². The molecule has 2 aliphatic rings. The van der Waals surface area contributed by atoms with Crippen molar-refractivity contribution < 1.29 is 14.3 Å². The lowest BCUT2D eigenvalue weighted by atomic mass is 10.1. The molecule has 1 aromatic heterocycles. The molecule has 0 spiro atoms. The molecule has 3 aromatic rings. The fraction of sp³-hybridized carbons (Fsp3) is 0.269. The monoisotopic (exact) mass is 503 g/mol. The normalized spacial score (nSPS) is 18.5. The van der Waals surface area contributed by atoms with Gasteiger partial charge in [0.15, 0.2) is 0 Å². The second kappa shape index (κ2) is 9.93. The van der Waals surface area contributed by atoms with Gasteiger partial charge < -0.3 is 15.0 Å². The third-order valence-electron chi connectivity index (χ3n) is 6.22. The van der Waals surface area contributed by atoms with Gasteiger partial charge in [0.2, 0.25) is 5.91 Å². The lowest BCUT2D eigenvalue weighted by Gasteiger charge is -2.32. The molecule has 1 N–H and O–H groups in total. The molecule has 2 atom stereocenters. The van der Waals surface area contributed by atoms with Gasteiger partial charge in [-0.1, -0.05) is 23.7 Å². The van der Waals surface area contributed by atoms with E-state index in [4.69, 9.17) is 16.3 Å². The Morgan fingerprint density at radius 3 is 2.50 bits per heavy atom. The first-order valence-electron chi connectivity index (χ1n) is 11.5. The molecule has 9 nitrogen and oxygen atoms in total. The number of carbonyl (C=O) groups is 2. The molecule has 0 saturated carbocycles. The van der Waals surface area contributed by atoms with E-state index in [2.05, 4.69) is 10.4 Å². The van der Waals surface area contributed by atoms with Gasteiger partial charge in [-0.15, -0.1) is 0 Å². The number of nitriles is 1. The summed E-state index contributed by atoms with van der Waals surface area (Å²) in [7, 11) is 0. The number of nitrogens with one attached hydrogen (secondary N) is 1. The van der Waals surface area contributed by atoms with Crippen molar-refractivity contribution in [3.8, 4) is 17.3 Å². The Labute approximate surface area is 211 Å². The first-order chi connectivity index (χ1) is 17.4. The van der Waals surface area contributed by atoms with Crippen molar-refractivity contribution in [2.45, 2.75) is 31.6 Å². The minimum absolute atomic E-state index is 0.0421. The molecule has 5 rings (SSSR count). The summed E-state index contributed by atoms with van der Waals surface area (Å²) in [5, 5.41) is 17.0. The zero-order valence-electron chi connectivity index (χ0n) is 19.2. The van der Waals surface area contributed by atoms with Gasteiger partial charge in [-0.25, -0.2) is 4.68 Å². The highest BCUT2D eigenvalue weighted by Gasteiger charge is 2.36. The van der Waals surface area contributed by atoms with Gasteiger partial charge >= 0.3 is 0 Å². The second-order valence-electron chi connectivity index (χ2n) is 8.85. The molecule has 10 heteroatoms. The zero-order valence-corrected chi connectivity index (χ0v) is 19.9. The lowest BCUT2D eigenvalue weighted by molar-refractivity contribution is -0.117. The fourth-order valence-corrected chi connectivity index (χ4v) is 4.65. The van der Waals surface area contributed by atoms with Crippen molar-refractivity contribution in [3.63, 3.8) is 0 Å². The summed E-state index contributed by atoms with van der Waals surface area (Å²) in [5.41, 5.74) is 1.66. The van der Waals surface area contributed by atoms with Gasteiger partial charge in [0.25, 0.3) is 11.5 Å². The van der Waals surface area contributed by atoms with Crippen LogP contribution in [0.5, 0.6) is 0 Å². The van der Waals surface area contributed by atoms with E-state index in [0.29, 0.717) is 35.1 Å². The van der Waals surface area contributed by atoms with Crippen LogP contribution >= 0.6 is 11.6 Å². The smallest absolute Gasteiger partial charge is 0.267 e. The minimum atomic E-state index is -0.518. The van der Waals surface area contributed by atoms with Gasteiger partial charge in [-0.3, -0.25) is 14.4 Å². The average molecular weight is 504 g/mol. The van der Waals surface area contributed by atoms with E-state index < -0.39 is 11.5 Å². The predicted octanol–water partition coefficient (Wildman–Crippen LogP) is 3.08. The Bertz CT molecular complexity index is 1420. The molecule has 2 saturated heterocycles. The maximum Gasteiger partial charge on any atom is 0.267 e. The molecular weight excluding hydrogens is 482 g/mol. The SMILES string of the molecule is N#Cc1cc(NC(=O)Cn2nc(-c3ccc(Cl)cc3)ccc2=O)cc(C(=O)N2CC3CCC(C2)O3)c1. The number of fused-ring (bicyclic) bond motifs is 2. The molecule has 2 amide bonds. The van der Waals surface area contributed by atoms with Gasteiger partial charge in [-0.05, 0) is 49.2 Å².